The second-order valence-corrected chi connectivity index (χ2v) is 5.72. The third kappa shape index (κ3) is 3.19. The predicted molar refractivity (Wildman–Crippen MR) is 68.4 cm³/mol. The molecule has 0 spiro atoms. The van der Waals surface area contributed by atoms with Crippen LogP contribution in [0.15, 0.2) is 41.8 Å². The fourth-order valence-electron chi connectivity index (χ4n) is 1.48. The number of hydrogen-bond donors (Lipinski definition) is 1. The summed E-state index contributed by atoms with van der Waals surface area (Å²) >= 11 is 0. The number of nitrogens with zero attached hydrogens (tertiary/aromatic N) is 3. The van der Waals surface area contributed by atoms with E-state index in [0.717, 1.165) is 5.56 Å². The highest BCUT2D eigenvalue weighted by Gasteiger charge is 2.16. The highest BCUT2D eigenvalue weighted by molar-refractivity contribution is 7.89. The highest BCUT2D eigenvalue weighted by atomic mass is 32.2. The molecule has 2 aromatic rings. The molecule has 0 saturated heterocycles. The summed E-state index contributed by atoms with van der Waals surface area (Å²) in [6.07, 6.45) is 2.86. The zero-order valence-corrected chi connectivity index (χ0v) is 11.1. The Morgan fingerprint density at radius 1 is 1.37 bits per heavy atom. The van der Waals surface area contributed by atoms with E-state index in [4.69, 9.17) is 5.26 Å². The molecule has 2 rings (SSSR count). The molecule has 1 heterocycles. The molecule has 0 aliphatic carbocycles. The summed E-state index contributed by atoms with van der Waals surface area (Å²) in [7, 11) is -1.90. The fourth-order valence-corrected chi connectivity index (χ4v) is 2.47. The molecular formula is C12H12N4O2S. The number of nitrogens with one attached hydrogen (secondary N) is 1. The van der Waals surface area contributed by atoms with E-state index in [1.807, 2.05) is 6.07 Å². The van der Waals surface area contributed by atoms with E-state index >= 15 is 0 Å². The molecule has 98 valence electrons. The molecule has 0 atom stereocenters. The third-order valence-electron chi connectivity index (χ3n) is 2.51. The van der Waals surface area contributed by atoms with Gasteiger partial charge in [0.15, 0.2) is 5.03 Å². The smallest absolute Gasteiger partial charge is 0.259 e. The fraction of sp³-hybridized carbons (Fsp3) is 0.167. The first-order valence-electron chi connectivity index (χ1n) is 5.48. The molecule has 7 heteroatoms. The van der Waals surface area contributed by atoms with Gasteiger partial charge in [0.25, 0.3) is 10.0 Å². The second kappa shape index (κ2) is 5.22. The summed E-state index contributed by atoms with van der Waals surface area (Å²) in [6.45, 7) is 0.157. The van der Waals surface area contributed by atoms with Crippen LogP contribution < -0.4 is 4.72 Å². The summed E-state index contributed by atoms with van der Waals surface area (Å²) in [5.74, 6) is 0. The first-order valence-corrected chi connectivity index (χ1v) is 6.96. The minimum absolute atomic E-state index is 0.0105. The monoisotopic (exact) mass is 276 g/mol. The number of rotatable bonds is 4. The average molecular weight is 276 g/mol. The maximum absolute atomic E-state index is 11.9. The van der Waals surface area contributed by atoms with Gasteiger partial charge in [-0.1, -0.05) is 12.1 Å². The van der Waals surface area contributed by atoms with Gasteiger partial charge in [0.2, 0.25) is 0 Å². The van der Waals surface area contributed by atoms with Crippen LogP contribution in [0.4, 0.5) is 0 Å². The Kier molecular flexibility index (Phi) is 3.64. The molecule has 0 aliphatic heterocycles. The summed E-state index contributed by atoms with van der Waals surface area (Å²) in [6, 6.07) is 8.71. The third-order valence-corrected chi connectivity index (χ3v) is 3.79. The molecule has 0 bridgehead atoms. The Bertz CT molecular complexity index is 711. The van der Waals surface area contributed by atoms with Gasteiger partial charge in [-0.2, -0.15) is 5.26 Å². The Morgan fingerprint density at radius 3 is 2.58 bits per heavy atom. The van der Waals surface area contributed by atoms with Gasteiger partial charge in [0, 0.05) is 19.8 Å². The highest BCUT2D eigenvalue weighted by Crippen LogP contribution is 2.07. The Labute approximate surface area is 111 Å². The van der Waals surface area contributed by atoms with Crippen molar-refractivity contribution in [2.75, 3.05) is 0 Å². The lowest BCUT2D eigenvalue weighted by Crippen LogP contribution is -2.23. The molecule has 0 unspecified atom stereocenters. The molecule has 1 aromatic carbocycles. The van der Waals surface area contributed by atoms with Gasteiger partial charge in [-0.15, -0.1) is 0 Å². The lowest BCUT2D eigenvalue weighted by atomic mass is 10.1. The molecule has 0 radical (unpaired) electrons. The number of benzene rings is 1. The minimum atomic E-state index is -3.60. The van der Waals surface area contributed by atoms with E-state index in [1.54, 1.807) is 35.9 Å². The van der Waals surface area contributed by atoms with E-state index in [-0.39, 0.29) is 11.6 Å². The molecule has 0 aliphatic rings. The van der Waals surface area contributed by atoms with Crippen molar-refractivity contribution in [3.8, 4) is 6.07 Å². The first kappa shape index (κ1) is 13.3. The lowest BCUT2D eigenvalue weighted by molar-refractivity contribution is 0.578. The van der Waals surface area contributed by atoms with Gasteiger partial charge in [0.1, 0.15) is 0 Å². The van der Waals surface area contributed by atoms with Crippen molar-refractivity contribution >= 4 is 10.0 Å². The van der Waals surface area contributed by atoms with Crippen molar-refractivity contribution in [1.82, 2.24) is 14.3 Å². The molecule has 0 amide bonds. The van der Waals surface area contributed by atoms with E-state index in [9.17, 15) is 8.42 Å². The number of imidazole rings is 1. The molecule has 1 aromatic heterocycles. The minimum Gasteiger partial charge on any atom is -0.339 e. The molecule has 0 saturated carbocycles. The number of nitriles is 1. The zero-order chi connectivity index (χ0) is 13.9. The SMILES string of the molecule is Cn1cnc(S(=O)(=O)NCc2ccc(C#N)cc2)c1. The Hall–Kier alpha value is -2.17. The summed E-state index contributed by atoms with van der Waals surface area (Å²) in [5.41, 5.74) is 1.31. The lowest BCUT2D eigenvalue weighted by Gasteiger charge is -2.04. The maximum atomic E-state index is 11.9. The topological polar surface area (TPSA) is 87.8 Å². The van der Waals surface area contributed by atoms with Crippen LogP contribution in [-0.4, -0.2) is 18.0 Å². The number of hydrogen-bond acceptors (Lipinski definition) is 4. The van der Waals surface area contributed by atoms with Gasteiger partial charge in [0.05, 0.1) is 18.0 Å². The van der Waals surface area contributed by atoms with Crippen molar-refractivity contribution < 1.29 is 8.42 Å². The quantitative estimate of drug-likeness (QED) is 0.893. The Balaban J connectivity index is 2.07. The normalized spacial score (nSPS) is 11.2. The number of aromatic nitrogens is 2. The first-order chi connectivity index (χ1) is 9.01. The van der Waals surface area contributed by atoms with Gasteiger partial charge in [-0.3, -0.25) is 0 Å². The van der Waals surface area contributed by atoms with Crippen LogP contribution in [0.1, 0.15) is 11.1 Å². The average Bonchev–Trinajstić information content (AvgIpc) is 2.85. The summed E-state index contributed by atoms with van der Waals surface area (Å²) in [4.78, 5) is 3.80. The molecule has 19 heavy (non-hydrogen) atoms. The Morgan fingerprint density at radius 2 is 2.05 bits per heavy atom. The number of aryl methyl sites for hydroxylation is 1. The number of sulfonamides is 1. The van der Waals surface area contributed by atoms with Crippen LogP contribution in [0, 0.1) is 11.3 Å². The van der Waals surface area contributed by atoms with Crippen molar-refractivity contribution in [2.24, 2.45) is 7.05 Å². The zero-order valence-electron chi connectivity index (χ0n) is 10.2. The summed E-state index contributed by atoms with van der Waals surface area (Å²) in [5, 5.41) is 8.66. The van der Waals surface area contributed by atoms with Crippen molar-refractivity contribution in [3.63, 3.8) is 0 Å². The predicted octanol–water partition coefficient (Wildman–Crippen LogP) is 0.770. The van der Waals surface area contributed by atoms with E-state index in [2.05, 4.69) is 9.71 Å². The summed E-state index contributed by atoms with van der Waals surface area (Å²) < 4.78 is 27.8. The van der Waals surface area contributed by atoms with E-state index < -0.39 is 10.0 Å². The van der Waals surface area contributed by atoms with Gasteiger partial charge in [-0.25, -0.2) is 18.1 Å². The molecule has 6 nitrogen and oxygen atoms in total. The van der Waals surface area contributed by atoms with Crippen LogP contribution in [0.25, 0.3) is 0 Å². The largest absolute Gasteiger partial charge is 0.339 e. The van der Waals surface area contributed by atoms with Gasteiger partial charge >= 0.3 is 0 Å². The molecule has 0 fully saturated rings. The second-order valence-electron chi connectivity index (χ2n) is 4.01. The molecular weight excluding hydrogens is 264 g/mol. The van der Waals surface area contributed by atoms with E-state index in [1.165, 1.54) is 12.5 Å². The maximum Gasteiger partial charge on any atom is 0.259 e. The standard InChI is InChI=1S/C12H12N4O2S/c1-16-8-12(14-9-16)19(17,18)15-7-11-4-2-10(6-13)3-5-11/h2-5,8-9,15H,7H2,1H3. The molecule has 1 N–H and O–H groups in total. The van der Waals surface area contributed by atoms with Crippen LogP contribution in [-0.2, 0) is 23.6 Å². The van der Waals surface area contributed by atoms with E-state index in [0.29, 0.717) is 5.56 Å². The van der Waals surface area contributed by atoms with Crippen LogP contribution in [0.2, 0.25) is 0 Å². The van der Waals surface area contributed by atoms with Crippen LogP contribution >= 0.6 is 0 Å². The van der Waals surface area contributed by atoms with Crippen LogP contribution in [0.3, 0.4) is 0 Å². The van der Waals surface area contributed by atoms with Gasteiger partial charge < -0.3 is 4.57 Å². The van der Waals surface area contributed by atoms with Gasteiger partial charge in [-0.05, 0) is 17.7 Å². The van der Waals surface area contributed by atoms with Crippen molar-refractivity contribution in [1.29, 1.82) is 5.26 Å². The van der Waals surface area contributed by atoms with Crippen molar-refractivity contribution in [2.45, 2.75) is 11.6 Å². The van der Waals surface area contributed by atoms with Crippen molar-refractivity contribution in [3.05, 3.63) is 47.9 Å². The van der Waals surface area contributed by atoms with Crippen LogP contribution in [0.5, 0.6) is 0 Å².